The van der Waals surface area contributed by atoms with Crippen LogP contribution in [0.2, 0.25) is 0 Å². The van der Waals surface area contributed by atoms with Crippen LogP contribution in [0, 0.1) is 0 Å². The summed E-state index contributed by atoms with van der Waals surface area (Å²) in [7, 11) is 4.09. The second-order valence-electron chi connectivity index (χ2n) is 6.40. The Hall–Kier alpha value is -0.660. The molecule has 0 unspecified atom stereocenters. The number of halogens is 4. The van der Waals surface area contributed by atoms with Gasteiger partial charge >= 0.3 is 6.18 Å². The van der Waals surface area contributed by atoms with Gasteiger partial charge in [0.05, 0.1) is 6.54 Å². The molecule has 1 aromatic rings. The zero-order chi connectivity index (χ0) is 19.2. The van der Waals surface area contributed by atoms with Crippen molar-refractivity contribution in [3.8, 4) is 0 Å². The van der Waals surface area contributed by atoms with Gasteiger partial charge < -0.3 is 20.3 Å². The molecule has 1 aromatic heterocycles. The molecule has 1 aliphatic heterocycles. The fourth-order valence-electron chi connectivity index (χ4n) is 2.78. The van der Waals surface area contributed by atoms with Crippen LogP contribution in [0.1, 0.15) is 30.5 Å². The highest BCUT2D eigenvalue weighted by Crippen LogP contribution is 2.30. The van der Waals surface area contributed by atoms with Crippen molar-refractivity contribution in [3.05, 3.63) is 16.1 Å². The SMILES string of the molecule is CCNC(=NCc1nc(C(F)(F)F)cs1)NCC1(N(C)C)CCOCC1.I. The van der Waals surface area contributed by atoms with Gasteiger partial charge in [-0.2, -0.15) is 13.2 Å². The molecule has 11 heteroatoms. The number of hydrogen-bond donors (Lipinski definition) is 2. The summed E-state index contributed by atoms with van der Waals surface area (Å²) in [5.41, 5.74) is -0.890. The summed E-state index contributed by atoms with van der Waals surface area (Å²) in [4.78, 5) is 10.2. The van der Waals surface area contributed by atoms with E-state index in [1.807, 2.05) is 21.0 Å². The third-order valence-corrected chi connectivity index (χ3v) is 5.35. The Labute approximate surface area is 179 Å². The van der Waals surface area contributed by atoms with Crippen LogP contribution in [0.3, 0.4) is 0 Å². The van der Waals surface area contributed by atoms with E-state index in [0.29, 0.717) is 37.3 Å². The number of likely N-dealkylation sites (N-methyl/N-ethyl adjacent to an activating group) is 1. The third kappa shape index (κ3) is 7.02. The van der Waals surface area contributed by atoms with E-state index in [1.165, 1.54) is 0 Å². The first-order valence-corrected chi connectivity index (χ1v) is 9.44. The lowest BCUT2D eigenvalue weighted by molar-refractivity contribution is -0.140. The standard InChI is InChI=1S/C16H26F3N5OS.HI/c1-4-20-14(21-9-13-23-12(10-26-13)16(17,18)19)22-11-15(24(2)3)5-7-25-8-6-15;/h10H,4-9,11H2,1-3H3,(H2,20,21,22);1H. The van der Waals surface area contributed by atoms with Crippen LogP contribution >= 0.6 is 35.3 Å². The highest BCUT2D eigenvalue weighted by atomic mass is 127. The van der Waals surface area contributed by atoms with Crippen molar-refractivity contribution in [3.63, 3.8) is 0 Å². The zero-order valence-corrected chi connectivity index (χ0v) is 18.9. The number of guanidine groups is 1. The van der Waals surface area contributed by atoms with E-state index in [1.54, 1.807) is 0 Å². The van der Waals surface area contributed by atoms with Gasteiger partial charge in [-0.3, -0.25) is 0 Å². The smallest absolute Gasteiger partial charge is 0.381 e. The molecule has 6 nitrogen and oxygen atoms in total. The molecule has 0 bridgehead atoms. The average molecular weight is 521 g/mol. The topological polar surface area (TPSA) is 61.8 Å². The lowest BCUT2D eigenvalue weighted by Crippen LogP contribution is -2.57. The van der Waals surface area contributed by atoms with Crippen molar-refractivity contribution in [1.29, 1.82) is 0 Å². The van der Waals surface area contributed by atoms with Gasteiger partial charge in [0.2, 0.25) is 0 Å². The predicted molar refractivity (Wildman–Crippen MR) is 112 cm³/mol. The molecule has 0 aliphatic carbocycles. The normalized spacial score (nSPS) is 17.5. The second-order valence-corrected chi connectivity index (χ2v) is 7.35. The molecule has 27 heavy (non-hydrogen) atoms. The third-order valence-electron chi connectivity index (χ3n) is 4.52. The molecule has 0 radical (unpaired) electrons. The minimum atomic E-state index is -4.41. The molecule has 156 valence electrons. The highest BCUT2D eigenvalue weighted by molar-refractivity contribution is 14.0. The number of nitrogens with one attached hydrogen (secondary N) is 2. The van der Waals surface area contributed by atoms with Gasteiger partial charge in [-0.15, -0.1) is 35.3 Å². The molecule has 0 spiro atoms. The van der Waals surface area contributed by atoms with Crippen molar-refractivity contribution in [1.82, 2.24) is 20.5 Å². The zero-order valence-electron chi connectivity index (χ0n) is 15.7. The summed E-state index contributed by atoms with van der Waals surface area (Å²) in [5, 5.41) is 7.80. The Kier molecular flexibility index (Phi) is 9.72. The monoisotopic (exact) mass is 521 g/mol. The molecule has 0 amide bonds. The summed E-state index contributed by atoms with van der Waals surface area (Å²) in [6, 6.07) is 0. The molecule has 1 fully saturated rings. The van der Waals surface area contributed by atoms with E-state index < -0.39 is 11.9 Å². The molecule has 2 N–H and O–H groups in total. The van der Waals surface area contributed by atoms with Crippen LogP contribution in [0.25, 0.3) is 0 Å². The first kappa shape index (κ1) is 24.4. The van der Waals surface area contributed by atoms with E-state index in [4.69, 9.17) is 4.74 Å². The number of thiazole rings is 1. The first-order chi connectivity index (χ1) is 12.3. The Bertz CT molecular complexity index is 603. The van der Waals surface area contributed by atoms with Gasteiger partial charge in [0.1, 0.15) is 5.01 Å². The van der Waals surface area contributed by atoms with Crippen LogP contribution in [-0.2, 0) is 17.5 Å². The molecular weight excluding hydrogens is 494 g/mol. The highest BCUT2D eigenvalue weighted by Gasteiger charge is 2.35. The van der Waals surface area contributed by atoms with Gasteiger partial charge in [0.25, 0.3) is 0 Å². The van der Waals surface area contributed by atoms with E-state index in [-0.39, 0.29) is 36.1 Å². The number of ether oxygens (including phenoxy) is 1. The fraction of sp³-hybridized carbons (Fsp3) is 0.750. The van der Waals surface area contributed by atoms with Gasteiger partial charge in [-0.1, -0.05) is 0 Å². The summed E-state index contributed by atoms with van der Waals surface area (Å²) < 4.78 is 43.4. The Morgan fingerprint density at radius 1 is 1.33 bits per heavy atom. The van der Waals surface area contributed by atoms with Gasteiger partial charge in [0.15, 0.2) is 11.7 Å². The molecule has 0 atom stereocenters. The largest absolute Gasteiger partial charge is 0.434 e. The number of hydrogen-bond acceptors (Lipinski definition) is 5. The summed E-state index contributed by atoms with van der Waals surface area (Å²) in [5.74, 6) is 0.573. The average Bonchev–Trinajstić information content (AvgIpc) is 3.07. The maximum atomic E-state index is 12.6. The van der Waals surface area contributed by atoms with Crippen molar-refractivity contribution in [2.75, 3.05) is 40.4 Å². The Morgan fingerprint density at radius 3 is 2.52 bits per heavy atom. The minimum Gasteiger partial charge on any atom is -0.381 e. The lowest BCUT2D eigenvalue weighted by Gasteiger charge is -2.43. The maximum absolute atomic E-state index is 12.6. The van der Waals surface area contributed by atoms with Crippen molar-refractivity contribution >= 4 is 41.3 Å². The summed E-state index contributed by atoms with van der Waals surface area (Å²) in [6.07, 6.45) is -2.59. The number of alkyl halides is 3. The van der Waals surface area contributed by atoms with Gasteiger partial charge in [0, 0.05) is 37.2 Å². The summed E-state index contributed by atoms with van der Waals surface area (Å²) >= 11 is 0.968. The van der Waals surface area contributed by atoms with Crippen LogP contribution in [0.5, 0.6) is 0 Å². The fourth-order valence-corrected chi connectivity index (χ4v) is 3.51. The number of aromatic nitrogens is 1. The van der Waals surface area contributed by atoms with Crippen LogP contribution in [0.15, 0.2) is 10.4 Å². The van der Waals surface area contributed by atoms with Gasteiger partial charge in [-0.05, 0) is 33.9 Å². The van der Waals surface area contributed by atoms with E-state index in [9.17, 15) is 13.2 Å². The lowest BCUT2D eigenvalue weighted by atomic mass is 9.88. The van der Waals surface area contributed by atoms with Crippen molar-refractivity contribution < 1.29 is 17.9 Å². The Morgan fingerprint density at radius 2 is 2.00 bits per heavy atom. The quantitative estimate of drug-likeness (QED) is 0.343. The molecule has 2 heterocycles. The minimum absolute atomic E-state index is 0. The molecular formula is C16H27F3IN5OS. The maximum Gasteiger partial charge on any atom is 0.434 e. The van der Waals surface area contributed by atoms with Crippen molar-refractivity contribution in [2.45, 2.75) is 38.0 Å². The summed E-state index contributed by atoms with van der Waals surface area (Å²) in [6.45, 7) is 4.82. The van der Waals surface area contributed by atoms with E-state index in [0.717, 1.165) is 29.6 Å². The first-order valence-electron chi connectivity index (χ1n) is 8.56. The van der Waals surface area contributed by atoms with E-state index >= 15 is 0 Å². The second kappa shape index (κ2) is 10.8. The molecule has 0 aromatic carbocycles. The predicted octanol–water partition coefficient (Wildman–Crippen LogP) is 2.95. The molecule has 1 saturated heterocycles. The molecule has 1 aliphatic rings. The number of nitrogens with zero attached hydrogens (tertiary/aromatic N) is 3. The Balaban J connectivity index is 0.00000364. The molecule has 2 rings (SSSR count). The van der Waals surface area contributed by atoms with Crippen LogP contribution in [-0.4, -0.2) is 61.8 Å². The van der Waals surface area contributed by atoms with Crippen LogP contribution in [0.4, 0.5) is 13.2 Å². The number of aliphatic imine (C=N–C) groups is 1. The number of rotatable bonds is 6. The van der Waals surface area contributed by atoms with Crippen LogP contribution < -0.4 is 10.6 Å². The molecule has 0 saturated carbocycles. The van der Waals surface area contributed by atoms with E-state index in [2.05, 4.69) is 25.5 Å². The van der Waals surface area contributed by atoms with Gasteiger partial charge in [-0.25, -0.2) is 9.98 Å². The van der Waals surface area contributed by atoms with Crippen molar-refractivity contribution in [2.24, 2.45) is 4.99 Å².